The molecule has 1 heterocycles. The standard InChI is InChI=1S/C14H24O8/c1-8(2)13(19)20-5-3-4-6-21-14-12(18)11(17)10(16)9(7-15)22-14/h9-12,14-18H,1,3-7H2,2H3/t9-,10-,11+,12-,14?/m1/s1. The molecule has 1 rings (SSSR count). The molecule has 1 saturated heterocycles. The predicted molar refractivity (Wildman–Crippen MR) is 74.7 cm³/mol. The molecule has 0 saturated carbocycles. The minimum Gasteiger partial charge on any atom is -0.462 e. The van der Waals surface area contributed by atoms with E-state index in [-0.39, 0.29) is 13.2 Å². The molecule has 5 atom stereocenters. The third kappa shape index (κ3) is 5.31. The lowest BCUT2D eigenvalue weighted by Gasteiger charge is -2.39. The van der Waals surface area contributed by atoms with E-state index in [0.29, 0.717) is 18.4 Å². The van der Waals surface area contributed by atoms with Gasteiger partial charge in [-0.15, -0.1) is 0 Å². The zero-order chi connectivity index (χ0) is 16.7. The van der Waals surface area contributed by atoms with Crippen molar-refractivity contribution >= 4 is 5.97 Å². The van der Waals surface area contributed by atoms with Crippen LogP contribution in [0.4, 0.5) is 0 Å². The topological polar surface area (TPSA) is 126 Å². The van der Waals surface area contributed by atoms with Crippen LogP contribution in [0.3, 0.4) is 0 Å². The Hall–Kier alpha value is -1.03. The van der Waals surface area contributed by atoms with Crippen LogP contribution in [0.25, 0.3) is 0 Å². The van der Waals surface area contributed by atoms with Crippen molar-refractivity contribution < 1.29 is 39.4 Å². The molecule has 4 N–H and O–H groups in total. The second kappa shape index (κ2) is 9.19. The average Bonchev–Trinajstić information content (AvgIpc) is 2.49. The predicted octanol–water partition coefficient (Wildman–Crippen LogP) is -1.30. The lowest BCUT2D eigenvalue weighted by molar-refractivity contribution is -0.301. The normalized spacial score (nSPS) is 31.8. The van der Waals surface area contributed by atoms with Gasteiger partial charge in [0, 0.05) is 12.2 Å². The Morgan fingerprint density at radius 3 is 2.36 bits per heavy atom. The van der Waals surface area contributed by atoms with Gasteiger partial charge in [-0.3, -0.25) is 0 Å². The minimum absolute atomic E-state index is 0.202. The molecule has 0 spiro atoms. The zero-order valence-corrected chi connectivity index (χ0v) is 12.6. The number of rotatable bonds is 8. The fourth-order valence-corrected chi connectivity index (χ4v) is 1.90. The van der Waals surface area contributed by atoms with Crippen molar-refractivity contribution in [1.29, 1.82) is 0 Å². The van der Waals surface area contributed by atoms with Crippen molar-refractivity contribution in [2.75, 3.05) is 19.8 Å². The van der Waals surface area contributed by atoms with Crippen molar-refractivity contribution in [3.05, 3.63) is 12.2 Å². The summed E-state index contributed by atoms with van der Waals surface area (Å²) in [6.07, 6.45) is -5.28. The van der Waals surface area contributed by atoms with Gasteiger partial charge in [-0.2, -0.15) is 0 Å². The van der Waals surface area contributed by atoms with Crippen LogP contribution in [-0.4, -0.2) is 76.9 Å². The number of aliphatic hydroxyl groups excluding tert-OH is 4. The zero-order valence-electron chi connectivity index (χ0n) is 12.6. The molecular formula is C14H24O8. The first-order valence-corrected chi connectivity index (χ1v) is 7.13. The molecule has 1 unspecified atom stereocenters. The second-order valence-corrected chi connectivity index (χ2v) is 5.19. The summed E-state index contributed by atoms with van der Waals surface area (Å²) >= 11 is 0. The van der Waals surface area contributed by atoms with Crippen molar-refractivity contribution in [3.8, 4) is 0 Å². The number of carbonyl (C=O) groups is 1. The minimum atomic E-state index is -1.45. The Labute approximate surface area is 128 Å². The van der Waals surface area contributed by atoms with Crippen molar-refractivity contribution in [2.24, 2.45) is 0 Å². The van der Waals surface area contributed by atoms with E-state index >= 15 is 0 Å². The monoisotopic (exact) mass is 320 g/mol. The molecule has 1 aliphatic heterocycles. The maximum Gasteiger partial charge on any atom is 0.333 e. The lowest BCUT2D eigenvalue weighted by Crippen LogP contribution is -2.59. The largest absolute Gasteiger partial charge is 0.462 e. The summed E-state index contributed by atoms with van der Waals surface area (Å²) in [7, 11) is 0. The third-order valence-electron chi connectivity index (χ3n) is 3.25. The third-order valence-corrected chi connectivity index (χ3v) is 3.25. The molecule has 1 fully saturated rings. The first-order valence-electron chi connectivity index (χ1n) is 7.13. The van der Waals surface area contributed by atoms with Crippen LogP contribution in [-0.2, 0) is 19.0 Å². The van der Waals surface area contributed by atoms with Gasteiger partial charge in [0.15, 0.2) is 6.29 Å². The van der Waals surface area contributed by atoms with E-state index in [0.717, 1.165) is 0 Å². The van der Waals surface area contributed by atoms with Crippen molar-refractivity contribution in [2.45, 2.75) is 50.5 Å². The summed E-state index contributed by atoms with van der Waals surface area (Å²) < 4.78 is 15.4. The average molecular weight is 320 g/mol. The van der Waals surface area contributed by atoms with Gasteiger partial charge in [0.25, 0.3) is 0 Å². The van der Waals surface area contributed by atoms with Gasteiger partial charge in [-0.1, -0.05) is 6.58 Å². The number of hydrogen-bond donors (Lipinski definition) is 4. The highest BCUT2D eigenvalue weighted by Gasteiger charge is 2.43. The Bertz CT molecular complexity index is 370. The van der Waals surface area contributed by atoms with E-state index in [9.17, 15) is 20.1 Å². The van der Waals surface area contributed by atoms with E-state index < -0.39 is 43.3 Å². The van der Waals surface area contributed by atoms with Crippen LogP contribution in [0, 0.1) is 0 Å². The fourth-order valence-electron chi connectivity index (χ4n) is 1.90. The first-order chi connectivity index (χ1) is 10.4. The maximum atomic E-state index is 11.1. The van der Waals surface area contributed by atoms with Gasteiger partial charge in [0.2, 0.25) is 0 Å². The number of carbonyl (C=O) groups excluding carboxylic acids is 1. The first kappa shape index (κ1) is 19.0. The summed E-state index contributed by atoms with van der Waals surface area (Å²) in [4.78, 5) is 11.1. The molecule has 1 aliphatic rings. The maximum absolute atomic E-state index is 11.1. The molecule has 22 heavy (non-hydrogen) atoms. The van der Waals surface area contributed by atoms with Crippen LogP contribution in [0.2, 0.25) is 0 Å². The van der Waals surface area contributed by atoms with E-state index in [1.54, 1.807) is 6.92 Å². The molecule has 0 radical (unpaired) electrons. The van der Waals surface area contributed by atoms with E-state index in [4.69, 9.17) is 19.3 Å². The molecule has 0 aliphatic carbocycles. The Balaban J connectivity index is 2.23. The van der Waals surface area contributed by atoms with E-state index in [1.807, 2.05) is 0 Å². The Kier molecular flexibility index (Phi) is 7.94. The van der Waals surface area contributed by atoms with Gasteiger partial charge < -0.3 is 34.6 Å². The smallest absolute Gasteiger partial charge is 0.333 e. The molecule has 0 amide bonds. The number of ether oxygens (including phenoxy) is 3. The summed E-state index contributed by atoms with van der Waals surface area (Å²) in [6.45, 7) is 4.95. The summed E-state index contributed by atoms with van der Waals surface area (Å²) in [6, 6.07) is 0. The number of unbranched alkanes of at least 4 members (excludes halogenated alkanes) is 1. The van der Waals surface area contributed by atoms with Crippen molar-refractivity contribution in [3.63, 3.8) is 0 Å². The molecule has 0 aromatic carbocycles. The van der Waals surface area contributed by atoms with Crippen LogP contribution in [0.1, 0.15) is 19.8 Å². The SMILES string of the molecule is C=C(C)C(=O)OCCCCOC1O[C@H](CO)[C@@H](O)[C@H](O)[C@H]1O. The molecule has 8 nitrogen and oxygen atoms in total. The fraction of sp³-hybridized carbons (Fsp3) is 0.786. The number of aliphatic hydroxyl groups is 4. The molecule has 128 valence electrons. The van der Waals surface area contributed by atoms with Crippen LogP contribution in [0.15, 0.2) is 12.2 Å². The molecule has 0 aromatic rings. The van der Waals surface area contributed by atoms with Crippen LogP contribution >= 0.6 is 0 Å². The Morgan fingerprint density at radius 2 is 1.77 bits per heavy atom. The molecule has 0 aromatic heterocycles. The molecular weight excluding hydrogens is 296 g/mol. The highest BCUT2D eigenvalue weighted by Crippen LogP contribution is 2.22. The number of hydrogen-bond acceptors (Lipinski definition) is 8. The van der Waals surface area contributed by atoms with E-state index in [1.165, 1.54) is 0 Å². The summed E-state index contributed by atoms with van der Waals surface area (Å²) in [5.74, 6) is -0.449. The Morgan fingerprint density at radius 1 is 1.14 bits per heavy atom. The highest BCUT2D eigenvalue weighted by atomic mass is 16.7. The van der Waals surface area contributed by atoms with Gasteiger partial charge >= 0.3 is 5.97 Å². The van der Waals surface area contributed by atoms with Gasteiger partial charge in [0.05, 0.1) is 13.2 Å². The summed E-state index contributed by atoms with van der Waals surface area (Å²) in [5, 5.41) is 38.0. The van der Waals surface area contributed by atoms with Crippen LogP contribution < -0.4 is 0 Å². The second-order valence-electron chi connectivity index (χ2n) is 5.19. The lowest BCUT2D eigenvalue weighted by atomic mass is 9.99. The van der Waals surface area contributed by atoms with Crippen molar-refractivity contribution in [1.82, 2.24) is 0 Å². The quantitative estimate of drug-likeness (QED) is 0.247. The summed E-state index contributed by atoms with van der Waals surface area (Å²) in [5.41, 5.74) is 0.331. The number of esters is 1. The molecule has 0 bridgehead atoms. The molecule has 8 heteroatoms. The van der Waals surface area contributed by atoms with Gasteiger partial charge in [0.1, 0.15) is 24.4 Å². The van der Waals surface area contributed by atoms with Gasteiger partial charge in [-0.05, 0) is 19.8 Å². The highest BCUT2D eigenvalue weighted by molar-refractivity contribution is 5.86. The van der Waals surface area contributed by atoms with Crippen LogP contribution in [0.5, 0.6) is 0 Å². The van der Waals surface area contributed by atoms with E-state index in [2.05, 4.69) is 6.58 Å². The van der Waals surface area contributed by atoms with Gasteiger partial charge in [-0.25, -0.2) is 4.79 Å².